The zero-order valence-electron chi connectivity index (χ0n) is 8.01. The van der Waals surface area contributed by atoms with Gasteiger partial charge in [-0.25, -0.2) is 0 Å². The molecule has 1 rings (SSSR count). The minimum absolute atomic E-state index is 0.0266. The highest BCUT2D eigenvalue weighted by molar-refractivity contribution is 5.73. The lowest BCUT2D eigenvalue weighted by Crippen LogP contribution is -2.07. The van der Waals surface area contributed by atoms with Crippen LogP contribution in [0.5, 0.6) is 0 Å². The zero-order chi connectivity index (χ0) is 8.97. The van der Waals surface area contributed by atoms with E-state index in [2.05, 4.69) is 13.8 Å². The molecule has 1 fully saturated rings. The zero-order valence-corrected chi connectivity index (χ0v) is 8.01. The number of esters is 1. The largest absolute Gasteiger partial charge is 0.465 e. The molecule has 0 saturated carbocycles. The van der Waals surface area contributed by atoms with Gasteiger partial charge in [-0.05, 0) is 18.8 Å². The van der Waals surface area contributed by atoms with E-state index in [0.29, 0.717) is 6.61 Å². The number of cyclic esters (lactones) is 1. The highest BCUT2D eigenvalue weighted by Gasteiger charge is 2.25. The Hall–Kier alpha value is -0.530. The highest BCUT2D eigenvalue weighted by Crippen LogP contribution is 2.21. The summed E-state index contributed by atoms with van der Waals surface area (Å²) in [6.45, 7) is 5.07. The van der Waals surface area contributed by atoms with Gasteiger partial charge in [0.05, 0.1) is 12.5 Å². The molecule has 0 aromatic heterocycles. The van der Waals surface area contributed by atoms with E-state index in [0.717, 1.165) is 25.2 Å². The van der Waals surface area contributed by atoms with Crippen LogP contribution in [0.1, 0.15) is 39.5 Å². The predicted octanol–water partition coefficient (Wildman–Crippen LogP) is 2.38. The maximum atomic E-state index is 11.0. The Morgan fingerprint density at radius 2 is 2.33 bits per heavy atom. The van der Waals surface area contributed by atoms with Crippen molar-refractivity contribution in [3.8, 4) is 0 Å². The molecule has 12 heavy (non-hydrogen) atoms. The third kappa shape index (κ3) is 2.84. The fraction of sp³-hybridized carbons (Fsp3) is 0.900. The van der Waals surface area contributed by atoms with Crippen molar-refractivity contribution in [2.45, 2.75) is 39.5 Å². The quantitative estimate of drug-likeness (QED) is 0.605. The third-order valence-corrected chi connectivity index (χ3v) is 2.38. The molecule has 0 amide bonds. The van der Waals surface area contributed by atoms with Crippen LogP contribution >= 0.6 is 0 Å². The van der Waals surface area contributed by atoms with Gasteiger partial charge in [-0.2, -0.15) is 0 Å². The minimum Gasteiger partial charge on any atom is -0.465 e. The Morgan fingerprint density at radius 1 is 1.58 bits per heavy atom. The summed E-state index contributed by atoms with van der Waals surface area (Å²) in [7, 11) is 0. The van der Waals surface area contributed by atoms with Crippen LogP contribution in [0.2, 0.25) is 0 Å². The van der Waals surface area contributed by atoms with Gasteiger partial charge in [0, 0.05) is 0 Å². The average Bonchev–Trinajstić information content (AvgIpc) is 2.36. The fourth-order valence-corrected chi connectivity index (χ4v) is 1.57. The first kappa shape index (κ1) is 9.56. The van der Waals surface area contributed by atoms with Gasteiger partial charge in [-0.15, -0.1) is 0 Å². The predicted molar refractivity (Wildman–Crippen MR) is 47.8 cm³/mol. The van der Waals surface area contributed by atoms with E-state index in [9.17, 15) is 4.79 Å². The molecule has 2 heteroatoms. The molecule has 0 bridgehead atoms. The van der Waals surface area contributed by atoms with Crippen molar-refractivity contribution >= 4 is 5.97 Å². The summed E-state index contributed by atoms with van der Waals surface area (Å²) in [6.07, 6.45) is 4.36. The Labute approximate surface area is 74.3 Å². The first-order valence-corrected chi connectivity index (χ1v) is 4.87. The van der Waals surface area contributed by atoms with Crippen molar-refractivity contribution in [3.63, 3.8) is 0 Å². The standard InChI is InChI=1S/C10H18O2/c1-8(2)4-3-5-9-6-7-12-10(9)11/h8-9H,3-7H2,1-2H3. The Balaban J connectivity index is 2.10. The summed E-state index contributed by atoms with van der Waals surface area (Å²) in [5, 5.41) is 0. The maximum absolute atomic E-state index is 11.0. The van der Waals surface area contributed by atoms with Gasteiger partial charge in [-0.3, -0.25) is 4.79 Å². The molecule has 0 spiro atoms. The molecule has 0 N–H and O–H groups in total. The van der Waals surface area contributed by atoms with E-state index in [1.807, 2.05) is 0 Å². The molecule has 1 unspecified atom stereocenters. The van der Waals surface area contributed by atoms with Gasteiger partial charge in [0.1, 0.15) is 0 Å². The summed E-state index contributed by atoms with van der Waals surface area (Å²) < 4.78 is 4.88. The topological polar surface area (TPSA) is 26.3 Å². The minimum atomic E-state index is 0.0266. The van der Waals surface area contributed by atoms with Crippen LogP contribution < -0.4 is 0 Å². The lowest BCUT2D eigenvalue weighted by atomic mass is 9.97. The first-order chi connectivity index (χ1) is 5.70. The van der Waals surface area contributed by atoms with Crippen LogP contribution in [-0.2, 0) is 9.53 Å². The van der Waals surface area contributed by atoms with Gasteiger partial charge in [0.25, 0.3) is 0 Å². The normalized spacial score (nSPS) is 23.2. The molecule has 1 heterocycles. The van der Waals surface area contributed by atoms with Crippen LogP contribution in [0, 0.1) is 11.8 Å². The van der Waals surface area contributed by atoms with Crippen molar-refractivity contribution < 1.29 is 9.53 Å². The van der Waals surface area contributed by atoms with Gasteiger partial charge in [0.15, 0.2) is 0 Å². The van der Waals surface area contributed by atoms with Crippen molar-refractivity contribution in [2.75, 3.05) is 6.61 Å². The van der Waals surface area contributed by atoms with E-state index in [1.54, 1.807) is 0 Å². The van der Waals surface area contributed by atoms with Crippen LogP contribution in [0.15, 0.2) is 0 Å². The van der Waals surface area contributed by atoms with E-state index < -0.39 is 0 Å². The van der Waals surface area contributed by atoms with Crippen molar-refractivity contribution in [3.05, 3.63) is 0 Å². The molecule has 0 aromatic rings. The summed E-state index contributed by atoms with van der Waals surface area (Å²) in [5.41, 5.74) is 0. The number of carbonyl (C=O) groups excluding carboxylic acids is 1. The lowest BCUT2D eigenvalue weighted by Gasteiger charge is -2.06. The van der Waals surface area contributed by atoms with Gasteiger partial charge < -0.3 is 4.74 Å². The van der Waals surface area contributed by atoms with E-state index in [-0.39, 0.29) is 11.9 Å². The number of carbonyl (C=O) groups is 1. The molecule has 1 aliphatic heterocycles. The fourth-order valence-electron chi connectivity index (χ4n) is 1.57. The molecule has 2 nitrogen and oxygen atoms in total. The lowest BCUT2D eigenvalue weighted by molar-refractivity contribution is -0.141. The molecular formula is C10H18O2. The molecule has 1 saturated heterocycles. The SMILES string of the molecule is CC(C)CCCC1CCOC1=O. The van der Waals surface area contributed by atoms with E-state index in [4.69, 9.17) is 4.74 Å². The van der Waals surface area contributed by atoms with Crippen LogP contribution in [0.3, 0.4) is 0 Å². The number of hydrogen-bond acceptors (Lipinski definition) is 2. The molecule has 0 aliphatic carbocycles. The molecule has 1 aliphatic rings. The number of hydrogen-bond donors (Lipinski definition) is 0. The summed E-state index contributed by atoms with van der Waals surface area (Å²) in [4.78, 5) is 11.0. The second kappa shape index (κ2) is 4.48. The summed E-state index contributed by atoms with van der Waals surface area (Å²) in [5.74, 6) is 0.991. The maximum Gasteiger partial charge on any atom is 0.309 e. The smallest absolute Gasteiger partial charge is 0.309 e. The van der Waals surface area contributed by atoms with Crippen molar-refractivity contribution in [1.82, 2.24) is 0 Å². The monoisotopic (exact) mass is 170 g/mol. The van der Waals surface area contributed by atoms with Crippen LogP contribution in [0.25, 0.3) is 0 Å². The number of rotatable bonds is 4. The molecule has 0 radical (unpaired) electrons. The molecule has 70 valence electrons. The van der Waals surface area contributed by atoms with Crippen molar-refractivity contribution in [2.24, 2.45) is 11.8 Å². The second-order valence-electron chi connectivity index (χ2n) is 3.98. The summed E-state index contributed by atoms with van der Waals surface area (Å²) >= 11 is 0. The van der Waals surface area contributed by atoms with Gasteiger partial charge in [-0.1, -0.05) is 26.7 Å². The second-order valence-corrected chi connectivity index (χ2v) is 3.98. The Morgan fingerprint density at radius 3 is 2.83 bits per heavy atom. The highest BCUT2D eigenvalue weighted by atomic mass is 16.5. The van der Waals surface area contributed by atoms with E-state index in [1.165, 1.54) is 6.42 Å². The van der Waals surface area contributed by atoms with Crippen LogP contribution in [0.4, 0.5) is 0 Å². The molecule has 1 atom stereocenters. The Kier molecular flexibility index (Phi) is 3.57. The molecule has 0 aromatic carbocycles. The Bertz CT molecular complexity index is 152. The van der Waals surface area contributed by atoms with Crippen LogP contribution in [-0.4, -0.2) is 12.6 Å². The first-order valence-electron chi connectivity index (χ1n) is 4.87. The molecular weight excluding hydrogens is 152 g/mol. The van der Waals surface area contributed by atoms with Gasteiger partial charge >= 0.3 is 5.97 Å². The average molecular weight is 170 g/mol. The van der Waals surface area contributed by atoms with Crippen molar-refractivity contribution in [1.29, 1.82) is 0 Å². The third-order valence-electron chi connectivity index (χ3n) is 2.38. The van der Waals surface area contributed by atoms with E-state index >= 15 is 0 Å². The number of ether oxygens (including phenoxy) is 1. The summed E-state index contributed by atoms with van der Waals surface area (Å²) in [6, 6.07) is 0. The van der Waals surface area contributed by atoms with Gasteiger partial charge in [0.2, 0.25) is 0 Å².